The summed E-state index contributed by atoms with van der Waals surface area (Å²) >= 11 is 0. The van der Waals surface area contributed by atoms with E-state index in [9.17, 15) is 0 Å². The van der Waals surface area contributed by atoms with E-state index in [1.165, 1.54) is 11.1 Å². The molecule has 1 aromatic carbocycles. The van der Waals surface area contributed by atoms with Crippen LogP contribution in [0.15, 0.2) is 36.5 Å². The average Bonchev–Trinajstić information content (AvgIpc) is 2.39. The number of nitrogens with one attached hydrogen (secondary N) is 1. The van der Waals surface area contributed by atoms with E-state index in [0.717, 1.165) is 0 Å². The van der Waals surface area contributed by atoms with E-state index in [-0.39, 0.29) is 0 Å². The number of hydrogen-bond donors (Lipinski definition) is 1. The van der Waals surface area contributed by atoms with Crippen molar-refractivity contribution in [2.24, 2.45) is 0 Å². The predicted octanol–water partition coefficient (Wildman–Crippen LogP) is 2.80. The van der Waals surface area contributed by atoms with E-state index in [0.29, 0.717) is 25.0 Å². The van der Waals surface area contributed by atoms with Crippen molar-refractivity contribution in [2.45, 2.75) is 20.4 Å². The topological polar surface area (TPSA) is 47.0 Å². The lowest BCUT2D eigenvalue weighted by Gasteiger charge is -2.07. The van der Waals surface area contributed by atoms with Gasteiger partial charge in [0.2, 0.25) is 11.8 Å². The number of benzene rings is 1. The summed E-state index contributed by atoms with van der Waals surface area (Å²) in [4.78, 5) is 8.40. The third-order valence-electron chi connectivity index (χ3n) is 2.49. The van der Waals surface area contributed by atoms with Crippen LogP contribution < -0.4 is 10.1 Å². The largest absolute Gasteiger partial charge is 0.478 e. The zero-order valence-corrected chi connectivity index (χ0v) is 10.7. The summed E-state index contributed by atoms with van der Waals surface area (Å²) in [5.74, 6) is 1.18. The Balaban J connectivity index is 1.97. The molecule has 1 N–H and O–H groups in total. The summed E-state index contributed by atoms with van der Waals surface area (Å²) in [7, 11) is 0. The predicted molar refractivity (Wildman–Crippen MR) is 71.7 cm³/mol. The Labute approximate surface area is 107 Å². The number of rotatable bonds is 5. The molecular weight excluding hydrogens is 226 g/mol. The number of anilines is 1. The first kappa shape index (κ1) is 12.4. The minimum absolute atomic E-state index is 0.585. The van der Waals surface area contributed by atoms with Crippen molar-refractivity contribution in [2.75, 3.05) is 11.9 Å². The SMILES string of the molecule is CCOc1ccnc(NCc2ccc(C)cc2)n1. The third kappa shape index (κ3) is 3.45. The van der Waals surface area contributed by atoms with E-state index >= 15 is 0 Å². The number of hydrogen-bond acceptors (Lipinski definition) is 4. The molecular formula is C14H17N3O. The number of aromatic nitrogens is 2. The van der Waals surface area contributed by atoms with Crippen LogP contribution >= 0.6 is 0 Å². The summed E-state index contributed by atoms with van der Waals surface area (Å²) in [6, 6.07) is 10.1. The molecule has 2 aromatic rings. The van der Waals surface area contributed by atoms with Crippen LogP contribution in [0.2, 0.25) is 0 Å². The molecule has 94 valence electrons. The Morgan fingerprint density at radius 1 is 1.17 bits per heavy atom. The fourth-order valence-electron chi connectivity index (χ4n) is 1.54. The van der Waals surface area contributed by atoms with Gasteiger partial charge in [-0.25, -0.2) is 4.98 Å². The van der Waals surface area contributed by atoms with Crippen LogP contribution in [0.5, 0.6) is 5.88 Å². The Morgan fingerprint density at radius 3 is 2.67 bits per heavy atom. The first-order valence-corrected chi connectivity index (χ1v) is 6.03. The smallest absolute Gasteiger partial charge is 0.226 e. The van der Waals surface area contributed by atoms with Gasteiger partial charge in [-0.15, -0.1) is 0 Å². The van der Waals surface area contributed by atoms with Crippen molar-refractivity contribution in [3.63, 3.8) is 0 Å². The van der Waals surface area contributed by atoms with Gasteiger partial charge in [-0.05, 0) is 19.4 Å². The molecule has 0 aliphatic rings. The minimum atomic E-state index is 0.585. The first-order chi connectivity index (χ1) is 8.78. The van der Waals surface area contributed by atoms with E-state index in [2.05, 4.69) is 46.5 Å². The highest BCUT2D eigenvalue weighted by atomic mass is 16.5. The molecule has 0 radical (unpaired) electrons. The van der Waals surface area contributed by atoms with Gasteiger partial charge in [0, 0.05) is 18.8 Å². The molecule has 0 aliphatic carbocycles. The maximum Gasteiger partial charge on any atom is 0.226 e. The van der Waals surface area contributed by atoms with Crippen LogP contribution in [0, 0.1) is 6.92 Å². The standard InChI is InChI=1S/C14H17N3O/c1-3-18-13-8-9-15-14(17-13)16-10-12-6-4-11(2)5-7-12/h4-9H,3,10H2,1-2H3,(H,15,16,17). The summed E-state index contributed by atoms with van der Waals surface area (Å²) in [5.41, 5.74) is 2.46. The number of aryl methyl sites for hydroxylation is 1. The third-order valence-corrected chi connectivity index (χ3v) is 2.49. The maximum atomic E-state index is 5.32. The molecule has 0 aliphatic heterocycles. The van der Waals surface area contributed by atoms with Crippen molar-refractivity contribution in [1.82, 2.24) is 9.97 Å². The van der Waals surface area contributed by atoms with Crippen molar-refractivity contribution < 1.29 is 4.74 Å². The van der Waals surface area contributed by atoms with Gasteiger partial charge < -0.3 is 10.1 Å². The van der Waals surface area contributed by atoms with Crippen LogP contribution in [0.3, 0.4) is 0 Å². The van der Waals surface area contributed by atoms with Crippen LogP contribution in [0.25, 0.3) is 0 Å². The van der Waals surface area contributed by atoms with Crippen molar-refractivity contribution in [3.8, 4) is 5.88 Å². The van der Waals surface area contributed by atoms with Crippen LogP contribution in [0.4, 0.5) is 5.95 Å². The monoisotopic (exact) mass is 243 g/mol. The van der Waals surface area contributed by atoms with Gasteiger partial charge in [-0.1, -0.05) is 29.8 Å². The zero-order valence-electron chi connectivity index (χ0n) is 10.7. The molecule has 1 aromatic heterocycles. The van der Waals surface area contributed by atoms with E-state index in [1.54, 1.807) is 12.3 Å². The molecule has 0 spiro atoms. The highest BCUT2D eigenvalue weighted by Gasteiger charge is 1.99. The van der Waals surface area contributed by atoms with E-state index in [1.807, 2.05) is 6.92 Å². The van der Waals surface area contributed by atoms with E-state index in [4.69, 9.17) is 4.74 Å². The van der Waals surface area contributed by atoms with Gasteiger partial charge in [0.15, 0.2) is 0 Å². The van der Waals surface area contributed by atoms with Gasteiger partial charge >= 0.3 is 0 Å². The summed E-state index contributed by atoms with van der Waals surface area (Å²) in [6.07, 6.45) is 1.69. The van der Waals surface area contributed by atoms with Gasteiger partial charge in [0.25, 0.3) is 0 Å². The Kier molecular flexibility index (Phi) is 4.12. The molecule has 0 fully saturated rings. The summed E-state index contributed by atoms with van der Waals surface area (Å²) in [6.45, 7) is 5.32. The van der Waals surface area contributed by atoms with Crippen LogP contribution in [-0.2, 0) is 6.54 Å². The van der Waals surface area contributed by atoms with Gasteiger partial charge in [0.1, 0.15) is 0 Å². The molecule has 18 heavy (non-hydrogen) atoms. The lowest BCUT2D eigenvalue weighted by atomic mass is 10.1. The van der Waals surface area contributed by atoms with Crippen molar-refractivity contribution >= 4 is 5.95 Å². The molecule has 1 heterocycles. The van der Waals surface area contributed by atoms with Crippen LogP contribution in [0.1, 0.15) is 18.1 Å². The summed E-state index contributed by atoms with van der Waals surface area (Å²) < 4.78 is 5.32. The highest BCUT2D eigenvalue weighted by molar-refractivity contribution is 5.30. The summed E-state index contributed by atoms with van der Waals surface area (Å²) in [5, 5.41) is 3.18. The Hall–Kier alpha value is -2.10. The number of ether oxygens (including phenoxy) is 1. The average molecular weight is 243 g/mol. The molecule has 0 atom stereocenters. The highest BCUT2D eigenvalue weighted by Crippen LogP contribution is 2.10. The second kappa shape index (κ2) is 6.00. The van der Waals surface area contributed by atoms with Crippen molar-refractivity contribution in [1.29, 1.82) is 0 Å². The minimum Gasteiger partial charge on any atom is -0.478 e. The normalized spacial score (nSPS) is 10.1. The fraction of sp³-hybridized carbons (Fsp3) is 0.286. The van der Waals surface area contributed by atoms with Gasteiger partial charge in [-0.2, -0.15) is 4.98 Å². The maximum absolute atomic E-state index is 5.32. The van der Waals surface area contributed by atoms with Gasteiger partial charge in [-0.3, -0.25) is 0 Å². The molecule has 2 rings (SSSR count). The quantitative estimate of drug-likeness (QED) is 0.877. The van der Waals surface area contributed by atoms with Gasteiger partial charge in [0.05, 0.1) is 6.61 Å². The first-order valence-electron chi connectivity index (χ1n) is 6.03. The number of nitrogens with zero attached hydrogens (tertiary/aromatic N) is 2. The molecule has 0 saturated heterocycles. The second-order valence-electron chi connectivity index (χ2n) is 3.99. The van der Waals surface area contributed by atoms with Crippen LogP contribution in [-0.4, -0.2) is 16.6 Å². The molecule has 0 saturated carbocycles. The Bertz CT molecular complexity index is 497. The van der Waals surface area contributed by atoms with Crippen molar-refractivity contribution in [3.05, 3.63) is 47.7 Å². The molecule has 0 amide bonds. The zero-order chi connectivity index (χ0) is 12.8. The second-order valence-corrected chi connectivity index (χ2v) is 3.99. The Morgan fingerprint density at radius 2 is 1.94 bits per heavy atom. The lowest BCUT2D eigenvalue weighted by molar-refractivity contribution is 0.326. The molecule has 4 heteroatoms. The lowest BCUT2D eigenvalue weighted by Crippen LogP contribution is -2.04. The molecule has 0 unspecified atom stereocenters. The molecule has 4 nitrogen and oxygen atoms in total. The van der Waals surface area contributed by atoms with E-state index < -0.39 is 0 Å². The molecule has 0 bridgehead atoms. The fourth-order valence-corrected chi connectivity index (χ4v) is 1.54.